The Kier molecular flexibility index (Phi) is 4.49. The SMILES string of the molecule is COCc1nnc2n1[C@@H](C)CN(C(=O)c1cc(OC)c3ccccc3n1)C2. The number of carbonyl (C=O) groups is 1. The van der Waals surface area contributed by atoms with Crippen molar-refractivity contribution in [1.29, 1.82) is 0 Å². The predicted octanol–water partition coefficient (Wildman–Crippen LogP) is 2.20. The summed E-state index contributed by atoms with van der Waals surface area (Å²) in [6, 6.07) is 9.38. The molecule has 1 aromatic carbocycles. The summed E-state index contributed by atoms with van der Waals surface area (Å²) < 4.78 is 12.7. The average molecular weight is 367 g/mol. The van der Waals surface area contributed by atoms with Gasteiger partial charge in [-0.1, -0.05) is 12.1 Å². The highest BCUT2D eigenvalue weighted by molar-refractivity contribution is 5.97. The number of methoxy groups -OCH3 is 2. The Hall–Kier alpha value is -3.00. The Labute approximate surface area is 156 Å². The number of fused-ring (bicyclic) bond motifs is 2. The Bertz CT molecular complexity index is 1000. The lowest BCUT2D eigenvalue weighted by atomic mass is 10.1. The molecule has 0 fully saturated rings. The predicted molar refractivity (Wildman–Crippen MR) is 98.5 cm³/mol. The molecule has 0 aliphatic carbocycles. The van der Waals surface area contributed by atoms with Crippen LogP contribution in [0.25, 0.3) is 10.9 Å². The van der Waals surface area contributed by atoms with Gasteiger partial charge in [-0.3, -0.25) is 4.79 Å². The van der Waals surface area contributed by atoms with Crippen LogP contribution in [0.3, 0.4) is 0 Å². The zero-order valence-electron chi connectivity index (χ0n) is 15.5. The lowest BCUT2D eigenvalue weighted by molar-refractivity contribution is 0.0669. The molecule has 3 heterocycles. The zero-order chi connectivity index (χ0) is 19.0. The van der Waals surface area contributed by atoms with E-state index in [9.17, 15) is 4.79 Å². The smallest absolute Gasteiger partial charge is 0.273 e. The molecule has 0 spiro atoms. The van der Waals surface area contributed by atoms with Crippen molar-refractivity contribution in [2.45, 2.75) is 26.1 Å². The van der Waals surface area contributed by atoms with E-state index >= 15 is 0 Å². The average Bonchev–Trinajstić information content (AvgIpc) is 3.10. The van der Waals surface area contributed by atoms with E-state index in [-0.39, 0.29) is 11.9 Å². The van der Waals surface area contributed by atoms with Crippen LogP contribution in [0.15, 0.2) is 30.3 Å². The van der Waals surface area contributed by atoms with Crippen molar-refractivity contribution in [2.24, 2.45) is 0 Å². The van der Waals surface area contributed by atoms with Gasteiger partial charge in [0.05, 0.1) is 25.2 Å². The number of nitrogens with zero attached hydrogens (tertiary/aromatic N) is 5. The van der Waals surface area contributed by atoms with Crippen LogP contribution >= 0.6 is 0 Å². The Morgan fingerprint density at radius 2 is 2.07 bits per heavy atom. The summed E-state index contributed by atoms with van der Waals surface area (Å²) in [5.41, 5.74) is 1.10. The highest BCUT2D eigenvalue weighted by Crippen LogP contribution is 2.27. The van der Waals surface area contributed by atoms with Gasteiger partial charge >= 0.3 is 0 Å². The number of hydrogen-bond donors (Lipinski definition) is 0. The third kappa shape index (κ3) is 3.02. The van der Waals surface area contributed by atoms with Crippen LogP contribution in [0, 0.1) is 0 Å². The van der Waals surface area contributed by atoms with Gasteiger partial charge in [-0.2, -0.15) is 0 Å². The van der Waals surface area contributed by atoms with E-state index in [0.29, 0.717) is 31.1 Å². The Morgan fingerprint density at radius 1 is 1.26 bits per heavy atom. The summed E-state index contributed by atoms with van der Waals surface area (Å²) in [6.45, 7) is 3.38. The third-order valence-electron chi connectivity index (χ3n) is 4.77. The maximum Gasteiger partial charge on any atom is 0.273 e. The molecule has 0 saturated carbocycles. The van der Waals surface area contributed by atoms with Gasteiger partial charge in [-0.25, -0.2) is 4.98 Å². The first-order chi connectivity index (χ1) is 13.1. The van der Waals surface area contributed by atoms with Gasteiger partial charge in [0.2, 0.25) is 0 Å². The van der Waals surface area contributed by atoms with Crippen LogP contribution in [0.2, 0.25) is 0 Å². The van der Waals surface area contributed by atoms with E-state index < -0.39 is 0 Å². The molecule has 1 atom stereocenters. The molecule has 4 rings (SSSR count). The molecule has 0 bridgehead atoms. The fourth-order valence-electron chi connectivity index (χ4n) is 3.58. The summed E-state index contributed by atoms with van der Waals surface area (Å²) in [6.07, 6.45) is 0. The largest absolute Gasteiger partial charge is 0.496 e. The third-order valence-corrected chi connectivity index (χ3v) is 4.77. The number of pyridine rings is 1. The van der Waals surface area contributed by atoms with Gasteiger partial charge in [0.25, 0.3) is 5.91 Å². The Morgan fingerprint density at radius 3 is 2.85 bits per heavy atom. The van der Waals surface area contributed by atoms with Crippen LogP contribution in [-0.2, 0) is 17.9 Å². The molecule has 3 aromatic rings. The molecule has 1 aliphatic heterocycles. The molecule has 0 unspecified atom stereocenters. The summed E-state index contributed by atoms with van der Waals surface area (Å²) in [5, 5.41) is 9.30. The normalized spacial score (nSPS) is 16.4. The van der Waals surface area contributed by atoms with E-state index in [2.05, 4.69) is 15.2 Å². The first kappa shape index (κ1) is 17.4. The molecule has 1 aliphatic rings. The molecule has 140 valence electrons. The van der Waals surface area contributed by atoms with E-state index in [1.807, 2.05) is 35.8 Å². The van der Waals surface area contributed by atoms with Crippen molar-refractivity contribution in [3.05, 3.63) is 47.7 Å². The van der Waals surface area contributed by atoms with Crippen molar-refractivity contribution >= 4 is 16.8 Å². The standard InChI is InChI=1S/C19H21N5O3/c1-12-9-23(10-17-21-22-18(11-26-2)24(12)17)19(25)15-8-16(27-3)13-6-4-5-7-14(13)20-15/h4-8,12H,9-11H2,1-3H3/t12-/m0/s1. The second-order valence-corrected chi connectivity index (χ2v) is 6.60. The van der Waals surface area contributed by atoms with Gasteiger partial charge in [0.15, 0.2) is 11.6 Å². The number of benzene rings is 1. The number of hydrogen-bond acceptors (Lipinski definition) is 6. The number of rotatable bonds is 4. The highest BCUT2D eigenvalue weighted by Gasteiger charge is 2.30. The molecule has 0 radical (unpaired) electrons. The van der Waals surface area contributed by atoms with Crippen LogP contribution < -0.4 is 4.74 Å². The number of aromatic nitrogens is 4. The monoisotopic (exact) mass is 367 g/mol. The fraction of sp³-hybridized carbons (Fsp3) is 0.368. The van der Waals surface area contributed by atoms with Gasteiger partial charge in [-0.05, 0) is 19.1 Å². The van der Waals surface area contributed by atoms with Crippen molar-refractivity contribution in [3.8, 4) is 5.75 Å². The Balaban J connectivity index is 1.66. The van der Waals surface area contributed by atoms with Crippen LogP contribution in [0.5, 0.6) is 5.75 Å². The highest BCUT2D eigenvalue weighted by atomic mass is 16.5. The minimum Gasteiger partial charge on any atom is -0.496 e. The lowest BCUT2D eigenvalue weighted by Crippen LogP contribution is -2.41. The van der Waals surface area contributed by atoms with Crippen molar-refractivity contribution in [3.63, 3.8) is 0 Å². The van der Waals surface area contributed by atoms with E-state index in [0.717, 1.165) is 22.6 Å². The topological polar surface area (TPSA) is 82.4 Å². The first-order valence-electron chi connectivity index (χ1n) is 8.77. The lowest BCUT2D eigenvalue weighted by Gasteiger charge is -2.32. The fourth-order valence-corrected chi connectivity index (χ4v) is 3.58. The molecule has 0 N–H and O–H groups in total. The van der Waals surface area contributed by atoms with Gasteiger partial charge in [-0.15, -0.1) is 10.2 Å². The number of ether oxygens (including phenoxy) is 2. The molecule has 8 heteroatoms. The van der Waals surface area contributed by atoms with Crippen molar-refractivity contribution in [2.75, 3.05) is 20.8 Å². The molecular formula is C19H21N5O3. The first-order valence-corrected chi connectivity index (χ1v) is 8.77. The van der Waals surface area contributed by atoms with Crippen molar-refractivity contribution < 1.29 is 14.3 Å². The number of amides is 1. The van der Waals surface area contributed by atoms with Gasteiger partial charge in [0, 0.05) is 25.1 Å². The second kappa shape index (κ2) is 6.96. The summed E-state index contributed by atoms with van der Waals surface area (Å²) in [5.74, 6) is 2.02. The number of carbonyl (C=O) groups excluding carboxylic acids is 1. The maximum absolute atomic E-state index is 13.1. The van der Waals surface area contributed by atoms with Gasteiger partial charge in [0.1, 0.15) is 18.1 Å². The minimum atomic E-state index is -0.145. The van der Waals surface area contributed by atoms with Crippen LogP contribution in [0.1, 0.15) is 35.1 Å². The van der Waals surface area contributed by atoms with Crippen LogP contribution in [0.4, 0.5) is 0 Å². The van der Waals surface area contributed by atoms with Crippen LogP contribution in [-0.4, -0.2) is 51.3 Å². The summed E-state index contributed by atoms with van der Waals surface area (Å²) >= 11 is 0. The second-order valence-electron chi connectivity index (χ2n) is 6.60. The molecular weight excluding hydrogens is 346 g/mol. The van der Waals surface area contributed by atoms with Crippen molar-refractivity contribution in [1.82, 2.24) is 24.6 Å². The number of para-hydroxylation sites is 1. The molecule has 27 heavy (non-hydrogen) atoms. The molecule has 0 saturated heterocycles. The molecule has 1 amide bonds. The van der Waals surface area contributed by atoms with Gasteiger partial charge < -0.3 is 18.9 Å². The zero-order valence-corrected chi connectivity index (χ0v) is 15.5. The summed E-state index contributed by atoms with van der Waals surface area (Å²) in [7, 11) is 3.22. The maximum atomic E-state index is 13.1. The molecule has 8 nitrogen and oxygen atoms in total. The molecule has 2 aromatic heterocycles. The quantitative estimate of drug-likeness (QED) is 0.703. The minimum absolute atomic E-state index is 0.0557. The van der Waals surface area contributed by atoms with E-state index in [1.165, 1.54) is 0 Å². The van der Waals surface area contributed by atoms with E-state index in [1.54, 1.807) is 25.2 Å². The summed E-state index contributed by atoms with van der Waals surface area (Å²) in [4.78, 5) is 19.4. The van der Waals surface area contributed by atoms with E-state index in [4.69, 9.17) is 9.47 Å².